The highest BCUT2D eigenvalue weighted by Gasteiger charge is 2.64. The molecule has 0 radical (unpaired) electrons. The maximum atomic E-state index is 10.8. The summed E-state index contributed by atoms with van der Waals surface area (Å²) in [6.45, 7) is 4.94. The fraction of sp³-hybridized carbons (Fsp3) is 0.900. The second kappa shape index (κ2) is 7.23. The van der Waals surface area contributed by atoms with Gasteiger partial charge in [0, 0.05) is 11.5 Å². The minimum atomic E-state index is -0.701. The van der Waals surface area contributed by atoms with Gasteiger partial charge >= 0.3 is 11.9 Å². The molecule has 0 aromatic heterocycles. The summed E-state index contributed by atoms with van der Waals surface area (Å²) >= 11 is 3.67. The normalized spacial score (nSPS) is 40.7. The Labute approximate surface area is 165 Å². The van der Waals surface area contributed by atoms with Gasteiger partial charge in [0.25, 0.3) is 0 Å². The van der Waals surface area contributed by atoms with Crippen LogP contribution in [0.3, 0.4) is 0 Å². The van der Waals surface area contributed by atoms with Crippen molar-refractivity contribution < 1.29 is 19.8 Å². The Hall–Kier alpha value is -0.360. The van der Waals surface area contributed by atoms with Crippen LogP contribution in [0, 0.1) is 21.7 Å². The molecule has 148 valence electrons. The first-order chi connectivity index (χ1) is 12.1. The van der Waals surface area contributed by atoms with Crippen LogP contribution < -0.4 is 0 Å². The fourth-order valence-electron chi connectivity index (χ4n) is 7.40. The summed E-state index contributed by atoms with van der Waals surface area (Å²) < 4.78 is 0. The number of carbonyl (C=O) groups is 2. The van der Waals surface area contributed by atoms with E-state index in [1.807, 2.05) is 23.5 Å². The van der Waals surface area contributed by atoms with Gasteiger partial charge in [0.1, 0.15) is 0 Å². The highest BCUT2D eigenvalue weighted by Crippen LogP contribution is 2.74. The molecule has 4 aliphatic rings. The topological polar surface area (TPSA) is 74.6 Å². The third-order valence-corrected chi connectivity index (χ3v) is 9.17. The minimum absolute atomic E-state index is 0.255. The summed E-state index contributed by atoms with van der Waals surface area (Å²) in [6, 6.07) is 0. The van der Waals surface area contributed by atoms with E-state index >= 15 is 0 Å². The van der Waals surface area contributed by atoms with Gasteiger partial charge in [0.15, 0.2) is 0 Å². The molecule has 0 saturated heterocycles. The molecule has 4 rings (SSSR count). The summed E-state index contributed by atoms with van der Waals surface area (Å²) in [5.74, 6) is 2.21. The maximum absolute atomic E-state index is 10.8. The average Bonchev–Trinajstić information content (AvgIpc) is 2.44. The van der Waals surface area contributed by atoms with Gasteiger partial charge < -0.3 is 10.2 Å². The van der Waals surface area contributed by atoms with Gasteiger partial charge in [-0.15, -0.1) is 0 Å². The fourth-order valence-corrected chi connectivity index (χ4v) is 9.80. The largest absolute Gasteiger partial charge is 0.481 e. The van der Waals surface area contributed by atoms with Crippen LogP contribution >= 0.6 is 23.5 Å². The molecule has 4 aliphatic carbocycles. The van der Waals surface area contributed by atoms with E-state index in [1.54, 1.807) is 0 Å². The second-order valence-electron chi connectivity index (χ2n) is 10.1. The Bertz CT molecular complexity index is 514. The van der Waals surface area contributed by atoms with Crippen LogP contribution in [-0.4, -0.2) is 45.2 Å². The molecule has 0 heterocycles. The van der Waals surface area contributed by atoms with Crippen LogP contribution in [0.1, 0.15) is 65.2 Å². The molecular weight excluding hydrogens is 368 g/mol. The van der Waals surface area contributed by atoms with Gasteiger partial charge in [-0.1, -0.05) is 13.8 Å². The molecule has 0 atom stereocenters. The summed E-state index contributed by atoms with van der Waals surface area (Å²) in [5, 5.41) is 17.8. The first kappa shape index (κ1) is 20.4. The van der Waals surface area contributed by atoms with Crippen molar-refractivity contribution in [2.24, 2.45) is 21.7 Å². The van der Waals surface area contributed by atoms with Gasteiger partial charge in [-0.05, 0) is 71.7 Å². The molecule has 4 saturated carbocycles. The van der Waals surface area contributed by atoms with Gasteiger partial charge in [-0.25, -0.2) is 0 Å². The van der Waals surface area contributed by atoms with Crippen molar-refractivity contribution in [3.05, 3.63) is 0 Å². The monoisotopic (exact) mass is 400 g/mol. The van der Waals surface area contributed by atoms with Crippen LogP contribution in [0.15, 0.2) is 0 Å². The van der Waals surface area contributed by atoms with Gasteiger partial charge in [-0.2, -0.15) is 23.5 Å². The van der Waals surface area contributed by atoms with Crippen molar-refractivity contribution in [1.82, 2.24) is 0 Å². The zero-order valence-electron chi connectivity index (χ0n) is 16.0. The molecule has 6 heteroatoms. The number of rotatable bonds is 10. The lowest BCUT2D eigenvalue weighted by atomic mass is 9.37. The molecule has 0 amide bonds. The third-order valence-electron chi connectivity index (χ3n) is 6.55. The number of carboxylic acids is 2. The Morgan fingerprint density at radius 3 is 1.46 bits per heavy atom. The zero-order chi connectivity index (χ0) is 19.1. The predicted molar refractivity (Wildman–Crippen MR) is 108 cm³/mol. The molecule has 0 aromatic carbocycles. The van der Waals surface area contributed by atoms with E-state index in [9.17, 15) is 9.59 Å². The van der Waals surface area contributed by atoms with E-state index < -0.39 is 11.9 Å². The lowest BCUT2D eigenvalue weighted by molar-refractivity contribution is -0.172. The Morgan fingerprint density at radius 1 is 0.731 bits per heavy atom. The summed E-state index contributed by atoms with van der Waals surface area (Å²) in [5.41, 5.74) is 1.53. The molecular formula is C20H32O4S2. The summed E-state index contributed by atoms with van der Waals surface area (Å²) in [7, 11) is 0. The van der Waals surface area contributed by atoms with Crippen LogP contribution in [0.4, 0.5) is 0 Å². The number of hydrogen-bond donors (Lipinski definition) is 2. The lowest BCUT2D eigenvalue weighted by Crippen LogP contribution is -2.61. The van der Waals surface area contributed by atoms with Crippen LogP contribution in [0.25, 0.3) is 0 Å². The predicted octanol–water partition coefficient (Wildman–Crippen LogP) is 4.77. The van der Waals surface area contributed by atoms with E-state index in [-0.39, 0.29) is 12.8 Å². The van der Waals surface area contributed by atoms with Crippen LogP contribution in [0.5, 0.6) is 0 Å². The molecule has 4 fully saturated rings. The number of thioether (sulfide) groups is 2. The second-order valence-corrected chi connectivity index (χ2v) is 12.3. The maximum Gasteiger partial charge on any atom is 0.304 e. The van der Waals surface area contributed by atoms with E-state index in [4.69, 9.17) is 10.2 Å². The zero-order valence-corrected chi connectivity index (χ0v) is 17.6. The van der Waals surface area contributed by atoms with Crippen LogP contribution in [0.2, 0.25) is 0 Å². The smallest absolute Gasteiger partial charge is 0.304 e. The first-order valence-electron chi connectivity index (χ1n) is 9.67. The third kappa shape index (κ3) is 4.54. The SMILES string of the molecule is CC12CC3(C)CC(CSCCC(=O)O)(C1)CC(CSCCC(=O)O)(C2)C3. The summed E-state index contributed by atoms with van der Waals surface area (Å²) in [4.78, 5) is 21.6. The van der Waals surface area contributed by atoms with E-state index in [0.29, 0.717) is 33.2 Å². The molecule has 2 N–H and O–H groups in total. The van der Waals surface area contributed by atoms with E-state index in [0.717, 1.165) is 11.5 Å². The molecule has 4 bridgehead atoms. The van der Waals surface area contributed by atoms with Crippen molar-refractivity contribution in [2.45, 2.75) is 65.2 Å². The van der Waals surface area contributed by atoms with Gasteiger partial charge in [0.2, 0.25) is 0 Å². The highest BCUT2D eigenvalue weighted by atomic mass is 32.2. The molecule has 0 aliphatic heterocycles. The quantitative estimate of drug-likeness (QED) is 0.515. The number of hydrogen-bond acceptors (Lipinski definition) is 4. The van der Waals surface area contributed by atoms with Crippen molar-refractivity contribution >= 4 is 35.5 Å². The molecule has 0 spiro atoms. The molecule has 0 aromatic rings. The standard InChI is InChI=1S/C20H32O4S2/c1-17-7-18(2)10-19(8-17,13-25-5-3-15(21)22)12-20(9-17,11-18)14-26-6-4-16(23)24/h3-14H2,1-2H3,(H,21,22)(H,23,24). The van der Waals surface area contributed by atoms with Gasteiger partial charge in [0.05, 0.1) is 12.8 Å². The average molecular weight is 401 g/mol. The number of aliphatic carboxylic acids is 2. The highest BCUT2D eigenvalue weighted by molar-refractivity contribution is 7.99. The van der Waals surface area contributed by atoms with Crippen molar-refractivity contribution in [3.63, 3.8) is 0 Å². The first-order valence-corrected chi connectivity index (χ1v) is 12.0. The van der Waals surface area contributed by atoms with Gasteiger partial charge in [-0.3, -0.25) is 9.59 Å². The summed E-state index contributed by atoms with van der Waals surface area (Å²) in [6.07, 6.45) is 8.24. The van der Waals surface area contributed by atoms with Crippen molar-refractivity contribution in [1.29, 1.82) is 0 Å². The van der Waals surface area contributed by atoms with Crippen molar-refractivity contribution in [3.8, 4) is 0 Å². The molecule has 0 unspecified atom stereocenters. The van der Waals surface area contributed by atoms with Crippen LogP contribution in [-0.2, 0) is 9.59 Å². The minimum Gasteiger partial charge on any atom is -0.481 e. The number of carboxylic acid groups (broad SMARTS) is 2. The Balaban J connectivity index is 1.68. The molecule has 26 heavy (non-hydrogen) atoms. The lowest BCUT2D eigenvalue weighted by Gasteiger charge is -2.70. The molecule has 4 nitrogen and oxygen atoms in total. The Kier molecular flexibility index (Phi) is 5.67. The van der Waals surface area contributed by atoms with E-state index in [1.165, 1.54) is 38.5 Å². The van der Waals surface area contributed by atoms with Crippen molar-refractivity contribution in [2.75, 3.05) is 23.0 Å². The van der Waals surface area contributed by atoms with E-state index in [2.05, 4.69) is 13.8 Å². The Morgan fingerprint density at radius 2 is 1.12 bits per heavy atom.